The van der Waals surface area contributed by atoms with Gasteiger partial charge in [-0.1, -0.05) is 12.0 Å². The molecule has 0 saturated heterocycles. The molecule has 98 valence electrons. The molecule has 0 aliphatic rings. The minimum Gasteiger partial charge on any atom is -0.391 e. The van der Waals surface area contributed by atoms with E-state index in [1.165, 1.54) is 13.0 Å². The summed E-state index contributed by atoms with van der Waals surface area (Å²) in [6.07, 6.45) is 7.15. The fourth-order valence-corrected chi connectivity index (χ4v) is 3.31. The smallest absolute Gasteiger partial charge is 0.312 e. The zero-order valence-electron chi connectivity index (χ0n) is 9.49. The molecule has 0 spiro atoms. The largest absolute Gasteiger partial charge is 0.391 e. The van der Waals surface area contributed by atoms with Gasteiger partial charge in [-0.05, 0) is 13.8 Å². The zero-order valence-corrected chi connectivity index (χ0v) is 11.1. The molecule has 17 heavy (non-hydrogen) atoms. The number of allylic oxidation sites excluding steroid dienone is 1. The third-order valence-corrected chi connectivity index (χ3v) is 4.71. The number of terminal acetylenes is 1. The van der Waals surface area contributed by atoms with Crippen LogP contribution in [0.4, 0.5) is 0 Å². The van der Waals surface area contributed by atoms with Crippen LogP contribution in [0.2, 0.25) is 0 Å². The van der Waals surface area contributed by atoms with Crippen molar-refractivity contribution >= 4 is 20.2 Å². The molecular formula is C9H14O6S2. The van der Waals surface area contributed by atoms with Gasteiger partial charge in [-0.2, -0.15) is 16.8 Å². The Morgan fingerprint density at radius 1 is 1.35 bits per heavy atom. The first kappa shape index (κ1) is 16.0. The second kappa shape index (κ2) is 6.64. The highest BCUT2D eigenvalue weighted by atomic mass is 32.2. The molecule has 0 fully saturated rings. The van der Waals surface area contributed by atoms with Gasteiger partial charge < -0.3 is 4.18 Å². The van der Waals surface area contributed by atoms with Crippen LogP contribution in [-0.2, 0) is 28.6 Å². The molecule has 6 nitrogen and oxygen atoms in total. The van der Waals surface area contributed by atoms with E-state index in [4.69, 9.17) is 6.42 Å². The quantitative estimate of drug-likeness (QED) is 0.377. The van der Waals surface area contributed by atoms with E-state index in [0.717, 1.165) is 6.26 Å². The van der Waals surface area contributed by atoms with E-state index in [1.807, 2.05) is 5.92 Å². The molecule has 0 rings (SSSR count). The number of hydrogen-bond donors (Lipinski definition) is 0. The molecule has 8 heteroatoms. The normalized spacial score (nSPS) is 14.4. The first-order valence-electron chi connectivity index (χ1n) is 4.59. The lowest BCUT2D eigenvalue weighted by Gasteiger charge is -2.11. The summed E-state index contributed by atoms with van der Waals surface area (Å²) < 4.78 is 54.1. The van der Waals surface area contributed by atoms with Crippen molar-refractivity contribution in [3.8, 4) is 12.3 Å². The van der Waals surface area contributed by atoms with Gasteiger partial charge in [0, 0.05) is 0 Å². The fourth-order valence-electron chi connectivity index (χ4n) is 0.771. The summed E-state index contributed by atoms with van der Waals surface area (Å²) in [5.74, 6) is 1.26. The molecule has 0 bridgehead atoms. The van der Waals surface area contributed by atoms with Gasteiger partial charge in [-0.15, -0.1) is 6.42 Å². The molecule has 0 aromatic rings. The van der Waals surface area contributed by atoms with E-state index >= 15 is 0 Å². The van der Waals surface area contributed by atoms with Crippen molar-refractivity contribution in [2.75, 3.05) is 12.4 Å². The van der Waals surface area contributed by atoms with Crippen LogP contribution in [0.25, 0.3) is 0 Å². The Morgan fingerprint density at radius 2 is 1.94 bits per heavy atom. The molecule has 0 heterocycles. The van der Waals surface area contributed by atoms with Crippen LogP contribution in [-0.4, -0.2) is 34.4 Å². The second-order valence-corrected chi connectivity index (χ2v) is 6.73. The number of rotatable bonds is 7. The van der Waals surface area contributed by atoms with Crippen LogP contribution in [0.15, 0.2) is 12.3 Å². The molecule has 1 atom stereocenters. The monoisotopic (exact) mass is 282 g/mol. The van der Waals surface area contributed by atoms with Crippen LogP contribution in [0.1, 0.15) is 13.8 Å². The Morgan fingerprint density at radius 3 is 2.41 bits per heavy atom. The van der Waals surface area contributed by atoms with Gasteiger partial charge in [0.05, 0.1) is 5.75 Å². The number of hydrogen-bond acceptors (Lipinski definition) is 6. The third kappa shape index (κ3) is 6.31. The summed E-state index contributed by atoms with van der Waals surface area (Å²) in [4.78, 5) is 0. The van der Waals surface area contributed by atoms with Crippen molar-refractivity contribution < 1.29 is 25.2 Å². The van der Waals surface area contributed by atoms with Crippen LogP contribution in [0.5, 0.6) is 0 Å². The molecule has 1 unspecified atom stereocenters. The van der Waals surface area contributed by atoms with Crippen molar-refractivity contribution in [3.63, 3.8) is 0 Å². The van der Waals surface area contributed by atoms with Gasteiger partial charge in [-0.25, -0.2) is 0 Å². The lowest BCUT2D eigenvalue weighted by molar-refractivity contribution is 0.361. The Kier molecular flexibility index (Phi) is 6.23. The molecule has 0 radical (unpaired) electrons. The average Bonchev–Trinajstić information content (AvgIpc) is 2.23. The Labute approximate surface area is 102 Å². The van der Waals surface area contributed by atoms with Crippen LogP contribution in [0, 0.1) is 12.3 Å². The molecule has 0 aromatic heterocycles. The summed E-state index contributed by atoms with van der Waals surface area (Å²) in [6, 6.07) is 0. The summed E-state index contributed by atoms with van der Waals surface area (Å²) >= 11 is 0. The Hall–Kier alpha value is -1.04. The zero-order chi connectivity index (χ0) is 13.5. The second-order valence-electron chi connectivity index (χ2n) is 3.06. The van der Waals surface area contributed by atoms with Gasteiger partial charge in [0.1, 0.15) is 18.1 Å². The minimum atomic E-state index is -3.98. The van der Waals surface area contributed by atoms with E-state index in [-0.39, 0.29) is 0 Å². The fraction of sp³-hybridized carbons (Fsp3) is 0.556. The predicted octanol–water partition coefficient (Wildman–Crippen LogP) is 0.235. The van der Waals surface area contributed by atoms with Crippen molar-refractivity contribution in [3.05, 3.63) is 12.3 Å². The van der Waals surface area contributed by atoms with Crippen LogP contribution < -0.4 is 0 Å². The molecule has 0 aliphatic heterocycles. The maximum Gasteiger partial charge on any atom is 0.312 e. The highest BCUT2D eigenvalue weighted by Crippen LogP contribution is 2.08. The van der Waals surface area contributed by atoms with Gasteiger partial charge in [-0.3, -0.25) is 4.18 Å². The van der Waals surface area contributed by atoms with Crippen molar-refractivity contribution in [1.29, 1.82) is 0 Å². The van der Waals surface area contributed by atoms with Gasteiger partial charge in [0.15, 0.2) is 0 Å². The molecule has 0 saturated carbocycles. The molecule has 0 aliphatic carbocycles. The summed E-state index contributed by atoms with van der Waals surface area (Å²) in [5.41, 5.74) is 0. The highest BCUT2D eigenvalue weighted by molar-refractivity contribution is 7.91. The SMILES string of the molecule is C#CCOS(=O)(=O)CC(C)S(=O)(=O)OC=CC. The average molecular weight is 282 g/mol. The summed E-state index contributed by atoms with van der Waals surface area (Å²) in [6.45, 7) is 2.34. The lowest BCUT2D eigenvalue weighted by Crippen LogP contribution is -2.28. The molecular weight excluding hydrogens is 268 g/mol. The van der Waals surface area contributed by atoms with Crippen molar-refractivity contribution in [2.24, 2.45) is 0 Å². The predicted molar refractivity (Wildman–Crippen MR) is 62.9 cm³/mol. The van der Waals surface area contributed by atoms with E-state index in [9.17, 15) is 16.8 Å². The maximum absolute atomic E-state index is 11.4. The van der Waals surface area contributed by atoms with E-state index in [2.05, 4.69) is 8.37 Å². The third-order valence-electron chi connectivity index (χ3n) is 1.58. The standard InChI is InChI=1S/C9H14O6S2/c1-4-6-14-16(10,11)8-9(3)17(12,13)15-7-5-2/h1,5,7,9H,6,8H2,2-3H3. The molecule has 0 amide bonds. The summed E-state index contributed by atoms with van der Waals surface area (Å²) in [7, 11) is -7.96. The Bertz CT molecular complexity index is 494. The van der Waals surface area contributed by atoms with E-state index in [0.29, 0.717) is 0 Å². The van der Waals surface area contributed by atoms with Gasteiger partial charge in [0.25, 0.3) is 10.1 Å². The molecule has 0 aromatic carbocycles. The van der Waals surface area contributed by atoms with Crippen molar-refractivity contribution in [2.45, 2.75) is 19.1 Å². The van der Waals surface area contributed by atoms with E-state index < -0.39 is 37.8 Å². The van der Waals surface area contributed by atoms with E-state index in [1.54, 1.807) is 6.92 Å². The highest BCUT2D eigenvalue weighted by Gasteiger charge is 2.28. The van der Waals surface area contributed by atoms with Crippen LogP contribution in [0.3, 0.4) is 0 Å². The van der Waals surface area contributed by atoms with Crippen molar-refractivity contribution in [1.82, 2.24) is 0 Å². The van der Waals surface area contributed by atoms with Gasteiger partial charge >= 0.3 is 10.1 Å². The topological polar surface area (TPSA) is 86.7 Å². The van der Waals surface area contributed by atoms with Gasteiger partial charge in [0.2, 0.25) is 0 Å². The Balaban J connectivity index is 4.65. The molecule has 0 N–H and O–H groups in total. The minimum absolute atomic E-state index is 0.426. The maximum atomic E-state index is 11.4. The van der Waals surface area contributed by atoms with Crippen LogP contribution >= 0.6 is 0 Å². The first-order chi connectivity index (χ1) is 7.75. The first-order valence-corrected chi connectivity index (χ1v) is 7.64. The summed E-state index contributed by atoms with van der Waals surface area (Å²) in [5, 5.41) is -1.25. The lowest BCUT2D eigenvalue weighted by atomic mass is 10.6.